The minimum absolute atomic E-state index is 0.00825. The summed E-state index contributed by atoms with van der Waals surface area (Å²) in [7, 11) is 0. The van der Waals surface area contributed by atoms with Gasteiger partial charge in [0.15, 0.2) is 0 Å². The molecule has 0 unspecified atom stereocenters. The van der Waals surface area contributed by atoms with Gasteiger partial charge in [0.1, 0.15) is 12.4 Å². The van der Waals surface area contributed by atoms with Crippen LogP contribution in [0.4, 0.5) is 10.1 Å². The van der Waals surface area contributed by atoms with Crippen LogP contribution in [0.15, 0.2) is 76.4 Å². The fourth-order valence-corrected chi connectivity index (χ4v) is 2.50. The maximum absolute atomic E-state index is 13.6. The summed E-state index contributed by atoms with van der Waals surface area (Å²) in [4.78, 5) is 36.6. The summed E-state index contributed by atoms with van der Waals surface area (Å²) in [6.45, 7) is -0.226. The number of nitrogens with one attached hydrogen (secondary N) is 1. The Kier molecular flexibility index (Phi) is 5.07. The lowest BCUT2D eigenvalue weighted by Crippen LogP contribution is -2.41. The molecule has 0 saturated carbocycles. The maximum Gasteiger partial charge on any atom is 0.331 e. The van der Waals surface area contributed by atoms with Crippen molar-refractivity contribution >= 4 is 11.6 Å². The highest BCUT2D eigenvalue weighted by atomic mass is 19.1. The fraction of sp³-hybridized carbons (Fsp3) is 0.105. The summed E-state index contributed by atoms with van der Waals surface area (Å²) in [6.07, 6.45) is 1.39. The second-order valence-electron chi connectivity index (χ2n) is 5.66. The molecule has 3 rings (SSSR count). The molecule has 3 aromatic rings. The summed E-state index contributed by atoms with van der Waals surface area (Å²) in [5, 5.41) is 2.36. The molecule has 0 saturated heterocycles. The fourth-order valence-electron chi connectivity index (χ4n) is 2.50. The number of para-hydroxylation sites is 1. The van der Waals surface area contributed by atoms with E-state index in [1.54, 1.807) is 6.07 Å². The first-order chi connectivity index (χ1) is 12.5. The number of benzene rings is 2. The molecule has 6 nitrogen and oxygen atoms in total. The van der Waals surface area contributed by atoms with Crippen molar-refractivity contribution in [3.63, 3.8) is 0 Å². The smallest absolute Gasteiger partial charge is 0.322 e. The molecule has 1 N–H and O–H groups in total. The van der Waals surface area contributed by atoms with Gasteiger partial charge >= 0.3 is 5.69 Å². The lowest BCUT2D eigenvalue weighted by atomic mass is 10.2. The van der Waals surface area contributed by atoms with Gasteiger partial charge in [0.2, 0.25) is 5.91 Å². The Hall–Kier alpha value is -3.48. The number of aromatic nitrogens is 2. The summed E-state index contributed by atoms with van der Waals surface area (Å²) >= 11 is 0. The molecule has 0 aliphatic heterocycles. The topological polar surface area (TPSA) is 73.1 Å². The van der Waals surface area contributed by atoms with E-state index >= 15 is 0 Å². The third kappa shape index (κ3) is 3.94. The van der Waals surface area contributed by atoms with E-state index in [0.717, 1.165) is 10.1 Å². The van der Waals surface area contributed by atoms with E-state index in [2.05, 4.69) is 5.32 Å². The molecule has 0 aliphatic carbocycles. The van der Waals surface area contributed by atoms with Crippen LogP contribution < -0.4 is 16.6 Å². The number of rotatable bonds is 5. The van der Waals surface area contributed by atoms with E-state index in [1.165, 1.54) is 35.0 Å². The summed E-state index contributed by atoms with van der Waals surface area (Å²) < 4.78 is 15.8. The van der Waals surface area contributed by atoms with Crippen LogP contribution in [0.25, 0.3) is 0 Å². The van der Waals surface area contributed by atoms with Crippen LogP contribution in [-0.4, -0.2) is 15.0 Å². The zero-order chi connectivity index (χ0) is 18.5. The van der Waals surface area contributed by atoms with E-state index in [1.807, 2.05) is 30.3 Å². The van der Waals surface area contributed by atoms with Gasteiger partial charge in [-0.2, -0.15) is 0 Å². The molecule has 0 spiro atoms. The predicted octanol–water partition coefficient (Wildman–Crippen LogP) is 1.84. The second kappa shape index (κ2) is 7.60. The van der Waals surface area contributed by atoms with Crippen molar-refractivity contribution in [1.82, 2.24) is 9.13 Å². The lowest BCUT2D eigenvalue weighted by Gasteiger charge is -2.10. The standard InChI is InChI=1S/C19H16FN3O3/c20-15-8-4-5-9-16(15)21-17(24)13-23-18(25)10-11-22(19(23)26)12-14-6-2-1-3-7-14/h1-11H,12-13H2,(H,21,24). The quantitative estimate of drug-likeness (QED) is 0.761. The van der Waals surface area contributed by atoms with Gasteiger partial charge < -0.3 is 5.32 Å². The average Bonchev–Trinajstić information content (AvgIpc) is 2.64. The van der Waals surface area contributed by atoms with Gasteiger partial charge in [-0.05, 0) is 17.7 Å². The third-order valence-corrected chi connectivity index (χ3v) is 3.79. The van der Waals surface area contributed by atoms with Gasteiger partial charge in [0.05, 0.1) is 12.2 Å². The van der Waals surface area contributed by atoms with Crippen LogP contribution in [-0.2, 0) is 17.9 Å². The van der Waals surface area contributed by atoms with Crippen LogP contribution in [0.5, 0.6) is 0 Å². The van der Waals surface area contributed by atoms with Crippen molar-refractivity contribution in [2.24, 2.45) is 0 Å². The Morgan fingerprint density at radius 1 is 0.962 bits per heavy atom. The molecule has 7 heteroatoms. The van der Waals surface area contributed by atoms with Gasteiger partial charge in [-0.1, -0.05) is 42.5 Å². The van der Waals surface area contributed by atoms with E-state index < -0.39 is 29.5 Å². The molecule has 2 aromatic carbocycles. The van der Waals surface area contributed by atoms with Crippen molar-refractivity contribution in [2.75, 3.05) is 5.32 Å². The Morgan fingerprint density at radius 3 is 2.38 bits per heavy atom. The average molecular weight is 353 g/mol. The molecule has 0 radical (unpaired) electrons. The van der Waals surface area contributed by atoms with Crippen LogP contribution in [0.2, 0.25) is 0 Å². The van der Waals surface area contributed by atoms with Crippen LogP contribution in [0.3, 0.4) is 0 Å². The molecule has 1 aromatic heterocycles. The zero-order valence-corrected chi connectivity index (χ0v) is 13.8. The molecule has 0 bridgehead atoms. The number of anilines is 1. The molecular formula is C19H16FN3O3. The molecule has 1 heterocycles. The van der Waals surface area contributed by atoms with Gasteiger partial charge in [-0.15, -0.1) is 0 Å². The molecule has 0 aliphatic rings. The first-order valence-corrected chi connectivity index (χ1v) is 7.93. The Bertz CT molecular complexity index is 1040. The minimum Gasteiger partial charge on any atom is -0.322 e. The number of amides is 1. The van der Waals surface area contributed by atoms with Crippen molar-refractivity contribution in [3.05, 3.63) is 99.1 Å². The third-order valence-electron chi connectivity index (χ3n) is 3.79. The first-order valence-electron chi connectivity index (χ1n) is 7.93. The number of hydrogen-bond donors (Lipinski definition) is 1. The monoisotopic (exact) mass is 353 g/mol. The Balaban J connectivity index is 1.82. The predicted molar refractivity (Wildman–Crippen MR) is 95.5 cm³/mol. The second-order valence-corrected chi connectivity index (χ2v) is 5.66. The summed E-state index contributed by atoms with van der Waals surface area (Å²) in [5.74, 6) is -1.26. The van der Waals surface area contributed by atoms with Crippen molar-refractivity contribution < 1.29 is 9.18 Å². The highest BCUT2D eigenvalue weighted by Crippen LogP contribution is 2.12. The first kappa shape index (κ1) is 17.3. The maximum atomic E-state index is 13.6. The van der Waals surface area contributed by atoms with Gasteiger partial charge in [0.25, 0.3) is 5.56 Å². The van der Waals surface area contributed by atoms with Crippen molar-refractivity contribution in [3.8, 4) is 0 Å². The van der Waals surface area contributed by atoms with E-state index in [9.17, 15) is 18.8 Å². The molecule has 0 atom stereocenters. The van der Waals surface area contributed by atoms with Gasteiger partial charge in [0, 0.05) is 12.3 Å². The van der Waals surface area contributed by atoms with Crippen LogP contribution in [0, 0.1) is 5.82 Å². The van der Waals surface area contributed by atoms with E-state index in [-0.39, 0.29) is 12.2 Å². The van der Waals surface area contributed by atoms with Gasteiger partial charge in [-0.25, -0.2) is 9.18 Å². The zero-order valence-electron chi connectivity index (χ0n) is 13.8. The summed E-state index contributed by atoms with van der Waals surface area (Å²) in [6, 6.07) is 16.2. The molecule has 26 heavy (non-hydrogen) atoms. The van der Waals surface area contributed by atoms with Gasteiger partial charge in [-0.3, -0.25) is 18.7 Å². The van der Waals surface area contributed by atoms with E-state index in [4.69, 9.17) is 0 Å². The number of carbonyl (C=O) groups excluding carboxylic acids is 1. The highest BCUT2D eigenvalue weighted by Gasteiger charge is 2.12. The molecule has 1 amide bonds. The Labute approximate surface area is 148 Å². The lowest BCUT2D eigenvalue weighted by molar-refractivity contribution is -0.116. The van der Waals surface area contributed by atoms with Crippen molar-refractivity contribution in [2.45, 2.75) is 13.1 Å². The van der Waals surface area contributed by atoms with E-state index in [0.29, 0.717) is 0 Å². The number of hydrogen-bond acceptors (Lipinski definition) is 3. The minimum atomic E-state index is -0.660. The van der Waals surface area contributed by atoms with Crippen LogP contribution >= 0.6 is 0 Å². The highest BCUT2D eigenvalue weighted by molar-refractivity contribution is 5.90. The Morgan fingerprint density at radius 2 is 1.65 bits per heavy atom. The molecule has 132 valence electrons. The molecular weight excluding hydrogens is 337 g/mol. The van der Waals surface area contributed by atoms with Crippen LogP contribution in [0.1, 0.15) is 5.56 Å². The number of carbonyl (C=O) groups is 1. The summed E-state index contributed by atoms with van der Waals surface area (Å²) in [5.41, 5.74) is -0.324. The van der Waals surface area contributed by atoms with Crippen molar-refractivity contribution in [1.29, 1.82) is 0 Å². The SMILES string of the molecule is O=C(Cn1c(=O)ccn(Cc2ccccc2)c1=O)Nc1ccccc1F. The largest absolute Gasteiger partial charge is 0.331 e. The molecule has 0 fully saturated rings. The number of halogens is 1. The normalized spacial score (nSPS) is 10.5. The number of nitrogens with zero attached hydrogens (tertiary/aromatic N) is 2.